The molecule has 0 saturated heterocycles. The Hall–Kier alpha value is -1.34. The molecular formula is C9H10N2OS. The van der Waals surface area contributed by atoms with Gasteiger partial charge in [0.1, 0.15) is 5.75 Å². The first-order valence-corrected chi connectivity index (χ1v) is 5.27. The van der Waals surface area contributed by atoms with E-state index in [0.29, 0.717) is 0 Å². The molecule has 1 rings (SSSR count). The molecule has 0 N–H and O–H groups in total. The molecule has 0 radical (unpaired) electrons. The highest BCUT2D eigenvalue weighted by Gasteiger charge is 2.02. The van der Waals surface area contributed by atoms with Crippen molar-refractivity contribution in [2.24, 2.45) is 4.36 Å². The van der Waals surface area contributed by atoms with Crippen molar-refractivity contribution in [1.82, 2.24) is 0 Å². The van der Waals surface area contributed by atoms with E-state index in [1.54, 1.807) is 13.3 Å². The second kappa shape index (κ2) is 4.63. The minimum absolute atomic E-state index is 0.406. The summed E-state index contributed by atoms with van der Waals surface area (Å²) in [6.45, 7) is 0. The second-order valence-electron chi connectivity index (χ2n) is 2.32. The number of rotatable bonds is 2. The Morgan fingerprint density at radius 1 is 1.46 bits per heavy atom. The van der Waals surface area contributed by atoms with Crippen LogP contribution in [0.2, 0.25) is 0 Å². The summed E-state index contributed by atoms with van der Waals surface area (Å²) in [4.78, 5) is 0.964. The molecule has 0 bridgehead atoms. The Morgan fingerprint density at radius 2 is 2.15 bits per heavy atom. The van der Waals surface area contributed by atoms with E-state index < -0.39 is 10.7 Å². The van der Waals surface area contributed by atoms with Crippen LogP contribution in [0.5, 0.6) is 5.75 Å². The van der Waals surface area contributed by atoms with Crippen molar-refractivity contribution in [3.63, 3.8) is 0 Å². The maximum atomic E-state index is 8.41. The molecule has 13 heavy (non-hydrogen) atoms. The van der Waals surface area contributed by atoms with Gasteiger partial charge in [-0.15, -0.1) is 4.36 Å². The zero-order chi connectivity index (χ0) is 9.68. The minimum Gasteiger partial charge on any atom is -0.496 e. The number of hydrogen-bond donors (Lipinski definition) is 0. The Morgan fingerprint density at radius 3 is 2.77 bits per heavy atom. The summed E-state index contributed by atoms with van der Waals surface area (Å²) in [5.74, 6) is 0.785. The molecule has 3 nitrogen and oxygen atoms in total. The number of nitriles is 1. The largest absolute Gasteiger partial charge is 0.496 e. The minimum atomic E-state index is -0.406. The number of ether oxygens (including phenoxy) is 1. The number of nitrogens with zero attached hydrogens (tertiary/aromatic N) is 2. The summed E-state index contributed by atoms with van der Waals surface area (Å²) in [5, 5.41) is 8.41. The van der Waals surface area contributed by atoms with Crippen molar-refractivity contribution in [1.29, 1.82) is 5.26 Å². The first-order valence-electron chi connectivity index (χ1n) is 3.68. The Labute approximate surface area is 80.1 Å². The van der Waals surface area contributed by atoms with Crippen LogP contribution < -0.4 is 4.74 Å². The standard InChI is InChI=1S/C9H10N2OS/c1-12-8-5-3-4-6-9(8)13(2)11-7-10/h3-6H,1-2H3. The number of methoxy groups -OCH3 is 1. The molecule has 1 aromatic carbocycles. The van der Waals surface area contributed by atoms with Crippen LogP contribution in [0.3, 0.4) is 0 Å². The van der Waals surface area contributed by atoms with Crippen LogP contribution in [0.4, 0.5) is 0 Å². The van der Waals surface area contributed by atoms with E-state index in [9.17, 15) is 0 Å². The maximum Gasteiger partial charge on any atom is 0.212 e. The second-order valence-corrected chi connectivity index (χ2v) is 3.90. The molecule has 1 atom stereocenters. The zero-order valence-corrected chi connectivity index (χ0v) is 8.34. The van der Waals surface area contributed by atoms with Crippen molar-refractivity contribution in [2.45, 2.75) is 4.90 Å². The summed E-state index contributed by atoms with van der Waals surface area (Å²) in [6.07, 6.45) is 3.69. The van der Waals surface area contributed by atoms with Gasteiger partial charge in [-0.2, -0.15) is 5.26 Å². The van der Waals surface area contributed by atoms with E-state index in [2.05, 4.69) is 4.36 Å². The highest BCUT2D eigenvalue weighted by Crippen LogP contribution is 2.21. The van der Waals surface area contributed by atoms with Gasteiger partial charge in [-0.05, 0) is 18.4 Å². The molecule has 0 amide bonds. The average Bonchev–Trinajstić information content (AvgIpc) is 2.18. The van der Waals surface area contributed by atoms with Crippen LogP contribution in [0.1, 0.15) is 0 Å². The molecule has 0 saturated carbocycles. The van der Waals surface area contributed by atoms with Gasteiger partial charge in [0.2, 0.25) is 6.19 Å². The van der Waals surface area contributed by atoms with Crippen LogP contribution >= 0.6 is 0 Å². The lowest BCUT2D eigenvalue weighted by Gasteiger charge is -2.06. The first-order chi connectivity index (χ1) is 6.29. The Balaban J connectivity index is 3.15. The van der Waals surface area contributed by atoms with Crippen LogP contribution in [0.15, 0.2) is 33.5 Å². The predicted molar refractivity (Wildman–Crippen MR) is 52.6 cm³/mol. The van der Waals surface area contributed by atoms with E-state index in [4.69, 9.17) is 10.00 Å². The molecule has 1 unspecified atom stereocenters. The van der Waals surface area contributed by atoms with Crippen LogP contribution in [0, 0.1) is 11.5 Å². The summed E-state index contributed by atoms with van der Waals surface area (Å²) in [6, 6.07) is 7.59. The lowest BCUT2D eigenvalue weighted by atomic mass is 10.3. The van der Waals surface area contributed by atoms with E-state index in [1.165, 1.54) is 0 Å². The quantitative estimate of drug-likeness (QED) is 0.675. The highest BCUT2D eigenvalue weighted by molar-refractivity contribution is 7.86. The number of hydrogen-bond acceptors (Lipinski definition) is 3. The third kappa shape index (κ3) is 2.30. The molecule has 0 aliphatic heterocycles. The van der Waals surface area contributed by atoms with Crippen molar-refractivity contribution in [3.8, 4) is 11.9 Å². The Kier molecular flexibility index (Phi) is 3.47. The number of para-hydroxylation sites is 1. The average molecular weight is 194 g/mol. The molecule has 1 aromatic rings. The Bertz CT molecular complexity index is 368. The molecule has 0 aromatic heterocycles. The molecule has 0 aliphatic rings. The summed E-state index contributed by atoms with van der Waals surface area (Å²) in [7, 11) is 1.21. The van der Waals surface area contributed by atoms with E-state index in [0.717, 1.165) is 10.6 Å². The van der Waals surface area contributed by atoms with Crippen molar-refractivity contribution >= 4 is 10.7 Å². The van der Waals surface area contributed by atoms with Crippen LogP contribution in [-0.2, 0) is 10.7 Å². The first kappa shape index (κ1) is 9.75. The summed E-state index contributed by atoms with van der Waals surface area (Å²) < 4.78 is 8.91. The fourth-order valence-electron chi connectivity index (χ4n) is 0.973. The third-order valence-electron chi connectivity index (χ3n) is 1.57. The van der Waals surface area contributed by atoms with Gasteiger partial charge in [-0.3, -0.25) is 0 Å². The summed E-state index contributed by atoms with van der Waals surface area (Å²) in [5.41, 5.74) is 0. The van der Waals surface area contributed by atoms with Gasteiger partial charge in [0, 0.05) is 0 Å². The van der Waals surface area contributed by atoms with Gasteiger partial charge in [-0.1, -0.05) is 22.8 Å². The molecule has 0 heterocycles. The normalized spacial score (nSPS) is 12.1. The molecule has 68 valence electrons. The van der Waals surface area contributed by atoms with Crippen LogP contribution in [-0.4, -0.2) is 13.4 Å². The molecule has 0 spiro atoms. The molecular weight excluding hydrogens is 184 g/mol. The van der Waals surface area contributed by atoms with Gasteiger partial charge in [0.05, 0.1) is 12.0 Å². The zero-order valence-electron chi connectivity index (χ0n) is 7.52. The van der Waals surface area contributed by atoms with Crippen molar-refractivity contribution in [2.75, 3.05) is 13.4 Å². The van der Waals surface area contributed by atoms with Crippen LogP contribution in [0.25, 0.3) is 0 Å². The third-order valence-corrected chi connectivity index (χ3v) is 2.89. The fourth-order valence-corrected chi connectivity index (χ4v) is 1.91. The molecule has 4 heteroatoms. The maximum absolute atomic E-state index is 8.41. The number of benzene rings is 1. The van der Waals surface area contributed by atoms with Crippen molar-refractivity contribution in [3.05, 3.63) is 24.3 Å². The van der Waals surface area contributed by atoms with Crippen molar-refractivity contribution < 1.29 is 4.74 Å². The van der Waals surface area contributed by atoms with Gasteiger partial charge in [0.15, 0.2) is 0 Å². The van der Waals surface area contributed by atoms with E-state index in [-0.39, 0.29) is 0 Å². The predicted octanol–water partition coefficient (Wildman–Crippen LogP) is 1.97. The monoisotopic (exact) mass is 194 g/mol. The van der Waals surface area contributed by atoms with Gasteiger partial charge < -0.3 is 4.74 Å². The molecule has 0 aliphatic carbocycles. The summed E-state index contributed by atoms with van der Waals surface area (Å²) >= 11 is 0. The van der Waals surface area contributed by atoms with Gasteiger partial charge in [0.25, 0.3) is 0 Å². The van der Waals surface area contributed by atoms with Gasteiger partial charge >= 0.3 is 0 Å². The smallest absolute Gasteiger partial charge is 0.212 e. The fraction of sp³-hybridized carbons (Fsp3) is 0.222. The molecule has 0 fully saturated rings. The van der Waals surface area contributed by atoms with E-state index in [1.807, 2.05) is 30.5 Å². The SMILES string of the molecule is COc1ccccc1/S(C)=N/C#N. The lowest BCUT2D eigenvalue weighted by Crippen LogP contribution is -1.92. The van der Waals surface area contributed by atoms with Gasteiger partial charge in [-0.25, -0.2) is 0 Å². The van der Waals surface area contributed by atoms with E-state index >= 15 is 0 Å². The lowest BCUT2D eigenvalue weighted by molar-refractivity contribution is 0.404. The highest BCUT2D eigenvalue weighted by atomic mass is 32.2. The topological polar surface area (TPSA) is 45.4 Å².